The molecular weight excluding hydrogens is 644 g/mol. The predicted molar refractivity (Wildman–Crippen MR) is 194 cm³/mol. The highest BCUT2D eigenvalue weighted by molar-refractivity contribution is 6.14. The first-order chi connectivity index (χ1) is 23.3. The summed E-state index contributed by atoms with van der Waals surface area (Å²) in [4.78, 5) is 33.4. The van der Waals surface area contributed by atoms with Crippen LogP contribution in [0.1, 0.15) is 117 Å². The smallest absolute Gasteiger partial charge is 0.169 e. The Kier molecular flexibility index (Phi) is 14.2. The largest absolute Gasteiger partial charge is 0.507 e. The molecular formula is C39H50O11. The van der Waals surface area contributed by atoms with E-state index in [2.05, 4.69) is 0 Å². The second-order valence-corrected chi connectivity index (χ2v) is 12.7. The van der Waals surface area contributed by atoms with Crippen molar-refractivity contribution in [2.75, 3.05) is 13.2 Å². The van der Waals surface area contributed by atoms with Crippen molar-refractivity contribution < 1.29 is 54.5 Å². The first-order valence-electron chi connectivity index (χ1n) is 16.4. The molecule has 0 radical (unpaired) electrons. The number of ether oxygens (including phenoxy) is 2. The number of carbonyl (C=O) groups is 3. The third-order valence-corrected chi connectivity index (χ3v) is 8.03. The Bertz CT molecular complexity index is 1770. The highest BCUT2D eigenvalue weighted by atomic mass is 16.7. The van der Waals surface area contributed by atoms with Crippen LogP contribution in [0.4, 0.5) is 0 Å². The van der Waals surface area contributed by atoms with E-state index in [4.69, 9.17) is 9.47 Å². The number of phenolic OH excluding ortho intramolecular Hbond substituents is 6. The van der Waals surface area contributed by atoms with E-state index in [1.54, 1.807) is 53.7 Å². The number of aryl methyl sites for hydroxylation is 2. The van der Waals surface area contributed by atoms with Crippen LogP contribution in [0.5, 0.6) is 34.5 Å². The van der Waals surface area contributed by atoms with E-state index >= 15 is 0 Å². The maximum atomic E-state index is 12.0. The van der Waals surface area contributed by atoms with Gasteiger partial charge in [-0.05, 0) is 82.2 Å². The van der Waals surface area contributed by atoms with Crippen molar-refractivity contribution in [1.29, 1.82) is 0 Å². The highest BCUT2D eigenvalue weighted by Crippen LogP contribution is 2.54. The molecule has 0 unspecified atom stereocenters. The quantitative estimate of drug-likeness (QED) is 0.0560. The second-order valence-electron chi connectivity index (χ2n) is 12.7. The molecule has 0 aromatic heterocycles. The van der Waals surface area contributed by atoms with Gasteiger partial charge < -0.3 is 44.9 Å². The van der Waals surface area contributed by atoms with Crippen molar-refractivity contribution in [3.63, 3.8) is 0 Å². The minimum Gasteiger partial charge on any atom is -0.507 e. The van der Waals surface area contributed by atoms with E-state index in [1.807, 2.05) is 20.8 Å². The summed E-state index contributed by atoms with van der Waals surface area (Å²) in [5.74, 6) is -3.41. The van der Waals surface area contributed by atoms with E-state index < -0.39 is 34.5 Å². The number of hydrogen-bond donors (Lipinski definition) is 6. The van der Waals surface area contributed by atoms with E-state index in [-0.39, 0.29) is 56.9 Å². The van der Waals surface area contributed by atoms with Gasteiger partial charge in [-0.2, -0.15) is 0 Å². The van der Waals surface area contributed by atoms with E-state index in [1.165, 1.54) is 13.8 Å². The van der Waals surface area contributed by atoms with Crippen LogP contribution in [0.25, 0.3) is 32.7 Å². The maximum Gasteiger partial charge on any atom is 0.169 e. The van der Waals surface area contributed by atoms with Gasteiger partial charge in [0.15, 0.2) is 41.9 Å². The SMILES string of the molecule is CC(C)=O.CCOC(C)OCC.Cc1cc2c(C(C)C)c(O)c(O)c(C=O)c2c(O)c1-c1c(C)cc2c(C(C)C)c(O)c(O)c(C=O)c2c1O. The molecule has 0 fully saturated rings. The van der Waals surface area contributed by atoms with Crippen molar-refractivity contribution in [3.05, 3.63) is 45.5 Å². The first-order valence-corrected chi connectivity index (χ1v) is 16.4. The normalized spacial score (nSPS) is 11.1. The average molecular weight is 695 g/mol. The molecule has 4 aromatic carbocycles. The van der Waals surface area contributed by atoms with Crippen LogP contribution < -0.4 is 0 Å². The Hall–Kier alpha value is -4.87. The predicted octanol–water partition coefficient (Wildman–Crippen LogP) is 8.38. The minimum atomic E-state index is -0.661. The molecule has 0 saturated heterocycles. The second kappa shape index (κ2) is 17.2. The number of Topliss-reactive ketones (excluding diaryl/α,β-unsaturated/α-hetero) is 1. The monoisotopic (exact) mass is 694 g/mol. The molecule has 0 spiro atoms. The molecule has 6 N–H and O–H groups in total. The molecule has 0 aliphatic heterocycles. The Morgan fingerprint density at radius 1 is 0.620 bits per heavy atom. The zero-order valence-electron chi connectivity index (χ0n) is 30.7. The molecule has 11 nitrogen and oxygen atoms in total. The summed E-state index contributed by atoms with van der Waals surface area (Å²) < 4.78 is 10.1. The van der Waals surface area contributed by atoms with Crippen molar-refractivity contribution in [2.24, 2.45) is 0 Å². The van der Waals surface area contributed by atoms with Crippen LogP contribution in [-0.2, 0) is 14.3 Å². The van der Waals surface area contributed by atoms with Crippen LogP contribution in [0.3, 0.4) is 0 Å². The lowest BCUT2D eigenvalue weighted by Gasteiger charge is -2.23. The number of hydrogen-bond acceptors (Lipinski definition) is 11. The van der Waals surface area contributed by atoms with Crippen molar-refractivity contribution in [3.8, 4) is 45.6 Å². The van der Waals surface area contributed by atoms with E-state index in [0.29, 0.717) is 45.6 Å². The van der Waals surface area contributed by atoms with Gasteiger partial charge in [-0.3, -0.25) is 9.59 Å². The van der Waals surface area contributed by atoms with Crippen molar-refractivity contribution in [2.45, 2.75) is 94.3 Å². The summed E-state index contributed by atoms with van der Waals surface area (Å²) in [6, 6.07) is 3.31. The molecule has 4 rings (SSSR count). The Morgan fingerprint density at radius 2 is 0.920 bits per heavy atom. The third-order valence-electron chi connectivity index (χ3n) is 8.03. The summed E-state index contributed by atoms with van der Waals surface area (Å²) in [7, 11) is 0. The average Bonchev–Trinajstić information content (AvgIpc) is 3.00. The van der Waals surface area contributed by atoms with Crippen LogP contribution in [0.2, 0.25) is 0 Å². The lowest BCUT2D eigenvalue weighted by molar-refractivity contribution is -0.123. The molecule has 0 saturated carbocycles. The Labute approximate surface area is 292 Å². The van der Waals surface area contributed by atoms with Gasteiger partial charge in [0.1, 0.15) is 17.3 Å². The summed E-state index contributed by atoms with van der Waals surface area (Å²) >= 11 is 0. The van der Waals surface area contributed by atoms with Crippen molar-refractivity contribution in [1.82, 2.24) is 0 Å². The van der Waals surface area contributed by atoms with Crippen LogP contribution in [-0.4, -0.2) is 68.5 Å². The highest BCUT2D eigenvalue weighted by Gasteiger charge is 2.29. The molecule has 272 valence electrons. The van der Waals surface area contributed by atoms with Crippen LogP contribution >= 0.6 is 0 Å². The van der Waals surface area contributed by atoms with Gasteiger partial charge in [0.05, 0.1) is 11.1 Å². The van der Waals surface area contributed by atoms with Gasteiger partial charge in [0, 0.05) is 46.2 Å². The van der Waals surface area contributed by atoms with Gasteiger partial charge in [-0.25, -0.2) is 0 Å². The number of aldehydes is 2. The number of fused-ring (bicyclic) bond motifs is 2. The zero-order chi connectivity index (χ0) is 38.4. The topological polar surface area (TPSA) is 191 Å². The van der Waals surface area contributed by atoms with Crippen LogP contribution in [0.15, 0.2) is 12.1 Å². The Balaban J connectivity index is 0.000000620. The number of phenols is 6. The number of benzene rings is 4. The lowest BCUT2D eigenvalue weighted by Crippen LogP contribution is -2.11. The fourth-order valence-corrected chi connectivity index (χ4v) is 6.12. The van der Waals surface area contributed by atoms with Gasteiger partial charge in [0.2, 0.25) is 0 Å². The maximum absolute atomic E-state index is 12.0. The minimum absolute atomic E-state index is 0.00512. The zero-order valence-corrected chi connectivity index (χ0v) is 30.7. The van der Waals surface area contributed by atoms with Gasteiger partial charge in [-0.15, -0.1) is 0 Å². The number of carbonyl (C=O) groups excluding carboxylic acids is 3. The van der Waals surface area contributed by atoms with Crippen LogP contribution in [0, 0.1) is 13.8 Å². The van der Waals surface area contributed by atoms with Gasteiger partial charge in [0.25, 0.3) is 0 Å². The Morgan fingerprint density at radius 3 is 1.16 bits per heavy atom. The molecule has 0 bridgehead atoms. The molecule has 11 heteroatoms. The molecule has 0 heterocycles. The van der Waals surface area contributed by atoms with E-state index in [0.717, 1.165) is 13.2 Å². The molecule has 4 aromatic rings. The first kappa shape index (κ1) is 41.3. The summed E-state index contributed by atoms with van der Waals surface area (Å²) in [6.07, 6.45) is 0.645. The standard InChI is InChI=1S/C30H30O8.C6H14O2.C3H6O/c1-11(2)19-15-7-13(5)21(27(35)23(15)17(9-31)25(33)29(19)37)22-14(6)8-16-20(12(3)4)30(38)26(34)18(10-32)24(16)28(22)36;1-4-7-6(3)8-5-2;1-3(2)4/h7-12,33-38H,1-6H3;6H,4-5H2,1-3H3;1-2H3. The fourth-order valence-electron chi connectivity index (χ4n) is 6.12. The molecule has 0 aliphatic carbocycles. The number of rotatable bonds is 9. The van der Waals surface area contributed by atoms with E-state index in [9.17, 15) is 45.0 Å². The third kappa shape index (κ3) is 8.11. The molecule has 0 atom stereocenters. The summed E-state index contributed by atoms with van der Waals surface area (Å²) in [5, 5.41) is 66.4. The molecule has 0 aliphatic rings. The number of aromatic hydroxyl groups is 6. The molecule has 50 heavy (non-hydrogen) atoms. The number of ketones is 1. The lowest BCUT2D eigenvalue weighted by atomic mass is 9.83. The van der Waals surface area contributed by atoms with Gasteiger partial charge in [-0.1, -0.05) is 39.8 Å². The molecule has 0 amide bonds. The summed E-state index contributed by atoms with van der Waals surface area (Å²) in [5.41, 5.74) is 1.33. The van der Waals surface area contributed by atoms with Gasteiger partial charge >= 0.3 is 0 Å². The van der Waals surface area contributed by atoms with Crippen molar-refractivity contribution >= 4 is 39.9 Å². The fraction of sp³-hybridized carbons (Fsp3) is 0.410. The summed E-state index contributed by atoms with van der Waals surface area (Å²) in [6.45, 7) is 20.8.